The van der Waals surface area contributed by atoms with E-state index in [-0.39, 0.29) is 40.8 Å². The van der Waals surface area contributed by atoms with Gasteiger partial charge in [0, 0.05) is 42.9 Å². The summed E-state index contributed by atoms with van der Waals surface area (Å²) in [4.78, 5) is 28.3. The molecule has 1 aromatic heterocycles. The van der Waals surface area contributed by atoms with Crippen LogP contribution in [0.2, 0.25) is 0 Å². The third-order valence-electron chi connectivity index (χ3n) is 6.89. The largest absolute Gasteiger partial charge is 0.512 e. The number of fused-ring (bicyclic) bond motifs is 1. The molecule has 2 aromatic rings. The summed E-state index contributed by atoms with van der Waals surface area (Å²) in [6, 6.07) is 6.98. The number of alkyl halides is 3. The van der Waals surface area contributed by atoms with Crippen molar-refractivity contribution in [1.82, 2.24) is 15.6 Å². The van der Waals surface area contributed by atoms with E-state index in [1.807, 2.05) is 0 Å². The molecule has 3 aliphatic carbocycles. The van der Waals surface area contributed by atoms with Crippen LogP contribution < -0.4 is 20.7 Å². The topological polar surface area (TPSA) is 113 Å². The van der Waals surface area contributed by atoms with E-state index in [1.54, 1.807) is 18.2 Å². The van der Waals surface area contributed by atoms with Crippen molar-refractivity contribution in [2.75, 3.05) is 12.4 Å². The first-order valence-corrected chi connectivity index (χ1v) is 11.3. The van der Waals surface area contributed by atoms with E-state index in [1.165, 1.54) is 31.4 Å². The summed E-state index contributed by atoms with van der Waals surface area (Å²) < 4.78 is 44.7. The Balaban J connectivity index is 1.20. The fourth-order valence-electron chi connectivity index (χ4n) is 4.93. The molecular weight excluding hydrogens is 477 g/mol. The third-order valence-corrected chi connectivity index (χ3v) is 6.89. The molecule has 2 unspecified atom stereocenters. The van der Waals surface area contributed by atoms with Gasteiger partial charge in [0.1, 0.15) is 17.2 Å². The van der Waals surface area contributed by atoms with Crippen molar-refractivity contribution in [2.45, 2.75) is 24.6 Å². The predicted octanol–water partition coefficient (Wildman–Crippen LogP) is 4.39. The molecule has 0 aliphatic heterocycles. The molecule has 8 nitrogen and oxygen atoms in total. The number of carbonyl (C=O) groups excluding carboxylic acids is 2. The predicted molar refractivity (Wildman–Crippen MR) is 123 cm³/mol. The van der Waals surface area contributed by atoms with E-state index in [9.17, 15) is 27.9 Å². The maximum atomic E-state index is 12.9. The van der Waals surface area contributed by atoms with Gasteiger partial charge < -0.3 is 25.8 Å². The monoisotopic (exact) mass is 500 g/mol. The first-order valence-electron chi connectivity index (χ1n) is 11.3. The van der Waals surface area contributed by atoms with Crippen molar-refractivity contribution >= 4 is 17.6 Å². The molecule has 0 saturated heterocycles. The van der Waals surface area contributed by atoms with Gasteiger partial charge in [-0.15, -0.1) is 0 Å². The fourth-order valence-corrected chi connectivity index (χ4v) is 4.93. The van der Waals surface area contributed by atoms with Crippen LogP contribution in [0.1, 0.15) is 28.9 Å². The summed E-state index contributed by atoms with van der Waals surface area (Å²) >= 11 is 0. The highest BCUT2D eigenvalue weighted by Crippen LogP contribution is 2.75. The number of halogens is 3. The van der Waals surface area contributed by atoms with Gasteiger partial charge in [-0.05, 0) is 54.7 Å². The standard InChI is InChI=1S/C25H23F3N4O4/c1-29-22(34)19-11-16(7-8-30-19)36-15-5-6-20(33)17(10-15)21-18-12-24(18,21)32-23(35)31-14-4-2-3-13(9-14)25(26,27)28/h2-9,11,17-18,21,33H,10,12H2,1H3,(H,29,34)(H2,31,32,35)/t17?,18-,21+,24?/m0/s1. The number of allylic oxidation sites excluding steroid dienone is 4. The maximum absolute atomic E-state index is 12.9. The van der Waals surface area contributed by atoms with E-state index >= 15 is 0 Å². The molecule has 1 heterocycles. The van der Waals surface area contributed by atoms with Crippen LogP contribution in [-0.4, -0.2) is 34.6 Å². The fraction of sp³-hybridized carbons (Fsp3) is 0.320. The Kier molecular flexibility index (Phi) is 5.65. The van der Waals surface area contributed by atoms with Crippen molar-refractivity contribution in [3.8, 4) is 5.75 Å². The average Bonchev–Trinajstić information content (AvgIpc) is 3.70. The van der Waals surface area contributed by atoms with Crippen molar-refractivity contribution in [2.24, 2.45) is 17.8 Å². The molecule has 5 rings (SSSR count). The summed E-state index contributed by atoms with van der Waals surface area (Å²) in [6.07, 6.45) is 1.29. The number of rotatable bonds is 6. The SMILES string of the molecule is CNC(=O)c1cc(OC2=CC=C(O)C([C@@H]3[C@@H]4CC34NC(=O)Nc3cccc(C(F)(F)F)c3)C2)ccn1. The number of aliphatic hydroxyl groups excluding tert-OH is 1. The normalized spacial score (nSPS) is 26.1. The number of carbonyl (C=O) groups is 2. The molecule has 0 bridgehead atoms. The number of pyridine rings is 1. The zero-order valence-corrected chi connectivity index (χ0v) is 19.1. The van der Waals surface area contributed by atoms with Gasteiger partial charge >= 0.3 is 12.2 Å². The van der Waals surface area contributed by atoms with Crippen LogP contribution in [-0.2, 0) is 6.18 Å². The lowest BCUT2D eigenvalue weighted by atomic mass is 9.86. The van der Waals surface area contributed by atoms with Gasteiger partial charge in [-0.1, -0.05) is 6.07 Å². The number of anilines is 1. The molecule has 4 atom stereocenters. The second-order valence-electron chi connectivity index (χ2n) is 9.13. The van der Waals surface area contributed by atoms with E-state index in [2.05, 4.69) is 20.9 Å². The Bertz CT molecular complexity index is 1290. The van der Waals surface area contributed by atoms with Gasteiger partial charge in [0.05, 0.1) is 11.3 Å². The quantitative estimate of drug-likeness (QED) is 0.470. The lowest BCUT2D eigenvalue weighted by Crippen LogP contribution is -2.38. The van der Waals surface area contributed by atoms with E-state index in [4.69, 9.17) is 4.74 Å². The minimum Gasteiger partial charge on any atom is -0.512 e. The average molecular weight is 500 g/mol. The van der Waals surface area contributed by atoms with Crippen LogP contribution in [0.5, 0.6) is 5.75 Å². The molecule has 3 amide bonds. The summed E-state index contributed by atoms with van der Waals surface area (Å²) in [5.41, 5.74) is -1.09. The van der Waals surface area contributed by atoms with Crippen molar-refractivity contribution in [3.63, 3.8) is 0 Å². The highest BCUT2D eigenvalue weighted by Gasteiger charge is 2.81. The molecule has 2 saturated carbocycles. The first-order chi connectivity index (χ1) is 17.1. The molecule has 1 aromatic carbocycles. The third kappa shape index (κ3) is 4.48. The van der Waals surface area contributed by atoms with E-state index < -0.39 is 23.3 Å². The molecule has 11 heteroatoms. The number of hydrogen-bond donors (Lipinski definition) is 4. The van der Waals surface area contributed by atoms with Gasteiger partial charge in [-0.2, -0.15) is 13.2 Å². The van der Waals surface area contributed by atoms with Crippen LogP contribution in [0.3, 0.4) is 0 Å². The van der Waals surface area contributed by atoms with Crippen molar-refractivity contribution in [3.05, 3.63) is 77.5 Å². The van der Waals surface area contributed by atoms with Gasteiger partial charge in [0.2, 0.25) is 0 Å². The number of hydrogen-bond acceptors (Lipinski definition) is 5. The number of aromatic nitrogens is 1. The van der Waals surface area contributed by atoms with Crippen molar-refractivity contribution < 1.29 is 32.6 Å². The Hall–Kier alpha value is -4.02. The van der Waals surface area contributed by atoms with Gasteiger partial charge in [-0.25, -0.2) is 4.79 Å². The summed E-state index contributed by atoms with van der Waals surface area (Å²) in [5, 5.41) is 18.4. The Morgan fingerprint density at radius 1 is 1.19 bits per heavy atom. The molecule has 36 heavy (non-hydrogen) atoms. The lowest BCUT2D eigenvalue weighted by Gasteiger charge is -2.26. The molecule has 0 radical (unpaired) electrons. The minimum absolute atomic E-state index is 0.0211. The molecule has 4 N–H and O–H groups in total. The number of nitrogens with zero attached hydrogens (tertiary/aromatic N) is 1. The number of ether oxygens (including phenoxy) is 1. The smallest absolute Gasteiger partial charge is 0.416 e. The highest BCUT2D eigenvalue weighted by molar-refractivity contribution is 5.92. The van der Waals surface area contributed by atoms with Crippen LogP contribution >= 0.6 is 0 Å². The van der Waals surface area contributed by atoms with Gasteiger partial charge in [0.25, 0.3) is 5.91 Å². The van der Waals surface area contributed by atoms with Crippen LogP contribution in [0, 0.1) is 17.8 Å². The molecule has 3 aliphatic rings. The maximum Gasteiger partial charge on any atom is 0.416 e. The summed E-state index contributed by atoms with van der Waals surface area (Å²) in [6.45, 7) is 0. The zero-order valence-electron chi connectivity index (χ0n) is 19.1. The number of urea groups is 1. The highest BCUT2D eigenvalue weighted by atomic mass is 19.4. The second-order valence-corrected chi connectivity index (χ2v) is 9.13. The minimum atomic E-state index is -4.51. The van der Waals surface area contributed by atoms with Gasteiger partial charge in [-0.3, -0.25) is 9.78 Å². The van der Waals surface area contributed by atoms with Gasteiger partial charge in [0.15, 0.2) is 0 Å². The lowest BCUT2D eigenvalue weighted by molar-refractivity contribution is -0.137. The number of nitrogens with one attached hydrogen (secondary N) is 3. The number of benzene rings is 1. The Morgan fingerprint density at radius 2 is 2.00 bits per heavy atom. The van der Waals surface area contributed by atoms with Crippen LogP contribution in [0.15, 0.2) is 66.3 Å². The van der Waals surface area contributed by atoms with E-state index in [0.717, 1.165) is 18.6 Å². The first kappa shape index (κ1) is 23.7. The molecule has 0 spiro atoms. The van der Waals surface area contributed by atoms with Crippen LogP contribution in [0.4, 0.5) is 23.7 Å². The van der Waals surface area contributed by atoms with Crippen LogP contribution in [0.25, 0.3) is 0 Å². The zero-order chi connectivity index (χ0) is 25.7. The Labute approximate surface area is 204 Å². The molecule has 188 valence electrons. The Morgan fingerprint density at radius 3 is 2.72 bits per heavy atom. The molecule has 2 fully saturated rings. The molecular formula is C25H23F3N4O4. The number of amides is 3. The van der Waals surface area contributed by atoms with E-state index in [0.29, 0.717) is 17.9 Å². The summed E-state index contributed by atoms with van der Waals surface area (Å²) in [7, 11) is 1.50. The summed E-state index contributed by atoms with van der Waals surface area (Å²) in [5.74, 6) is 0.720. The second kappa shape index (κ2) is 8.58. The number of aliphatic hydroxyl groups is 1. The van der Waals surface area contributed by atoms with Crippen molar-refractivity contribution in [1.29, 1.82) is 0 Å².